The van der Waals surface area contributed by atoms with E-state index in [0.29, 0.717) is 10.7 Å². The topological polar surface area (TPSA) is 58.2 Å². The summed E-state index contributed by atoms with van der Waals surface area (Å²) in [5.74, 6) is -1.20. The number of halogens is 2. The van der Waals surface area contributed by atoms with Gasteiger partial charge < -0.3 is 10.6 Å². The van der Waals surface area contributed by atoms with Crippen molar-refractivity contribution in [3.05, 3.63) is 58.9 Å². The molecule has 0 aliphatic rings. The van der Waals surface area contributed by atoms with Gasteiger partial charge in [-0.25, -0.2) is 4.39 Å². The van der Waals surface area contributed by atoms with E-state index in [1.165, 1.54) is 25.1 Å². The fraction of sp³-hybridized carbons (Fsp3) is 0.125. The number of hydrogen-bond acceptors (Lipinski definition) is 2. The number of amides is 2. The number of nitrogens with one attached hydrogen (secondary N) is 2. The Hall–Kier alpha value is -2.40. The van der Waals surface area contributed by atoms with Gasteiger partial charge in [0.25, 0.3) is 0 Å². The first-order chi connectivity index (χ1) is 10.4. The normalized spacial score (nSPS) is 10.1. The van der Waals surface area contributed by atoms with Crippen LogP contribution in [0.4, 0.5) is 15.8 Å². The Labute approximate surface area is 132 Å². The van der Waals surface area contributed by atoms with E-state index in [1.54, 1.807) is 24.3 Å². The van der Waals surface area contributed by atoms with Gasteiger partial charge in [-0.05, 0) is 35.9 Å². The van der Waals surface area contributed by atoms with E-state index in [0.717, 1.165) is 5.56 Å². The van der Waals surface area contributed by atoms with E-state index in [2.05, 4.69) is 10.6 Å². The number of carbonyl (C=O) groups is 2. The molecular weight excluding hydrogens is 307 g/mol. The average Bonchev–Trinajstić information content (AvgIpc) is 2.44. The van der Waals surface area contributed by atoms with E-state index < -0.39 is 5.82 Å². The molecule has 0 radical (unpaired) electrons. The van der Waals surface area contributed by atoms with Gasteiger partial charge in [0.2, 0.25) is 11.8 Å². The van der Waals surface area contributed by atoms with Gasteiger partial charge in [-0.1, -0.05) is 23.7 Å². The van der Waals surface area contributed by atoms with Crippen LogP contribution < -0.4 is 10.6 Å². The largest absolute Gasteiger partial charge is 0.326 e. The molecule has 0 unspecified atom stereocenters. The maximum absolute atomic E-state index is 13.7. The first-order valence-electron chi connectivity index (χ1n) is 6.55. The molecule has 2 aromatic rings. The molecule has 2 amide bonds. The minimum atomic E-state index is -0.571. The predicted octanol–water partition coefficient (Wildman–Crippen LogP) is 3.62. The smallest absolute Gasteiger partial charge is 0.228 e. The Morgan fingerprint density at radius 1 is 1.09 bits per heavy atom. The molecule has 22 heavy (non-hydrogen) atoms. The molecule has 4 nitrogen and oxygen atoms in total. The third-order valence-corrected chi connectivity index (χ3v) is 3.09. The number of rotatable bonds is 4. The highest BCUT2D eigenvalue weighted by Gasteiger charge is 2.09. The molecule has 0 fully saturated rings. The van der Waals surface area contributed by atoms with Crippen molar-refractivity contribution in [3.63, 3.8) is 0 Å². The van der Waals surface area contributed by atoms with E-state index >= 15 is 0 Å². The Balaban J connectivity index is 2.07. The van der Waals surface area contributed by atoms with Crippen molar-refractivity contribution < 1.29 is 14.0 Å². The molecule has 2 aromatic carbocycles. The summed E-state index contributed by atoms with van der Waals surface area (Å²) in [5.41, 5.74) is 1.20. The van der Waals surface area contributed by atoms with Crippen LogP contribution in [0.25, 0.3) is 0 Å². The average molecular weight is 321 g/mol. The highest BCUT2D eigenvalue weighted by Crippen LogP contribution is 2.20. The van der Waals surface area contributed by atoms with Crippen molar-refractivity contribution in [2.45, 2.75) is 13.3 Å². The van der Waals surface area contributed by atoms with E-state index in [-0.39, 0.29) is 23.9 Å². The Bertz CT molecular complexity index is 702. The second-order valence-electron chi connectivity index (χ2n) is 4.73. The zero-order chi connectivity index (χ0) is 16.1. The van der Waals surface area contributed by atoms with Gasteiger partial charge in [-0.3, -0.25) is 9.59 Å². The number of carbonyl (C=O) groups excluding carboxylic acids is 2. The lowest BCUT2D eigenvalue weighted by Gasteiger charge is -2.09. The summed E-state index contributed by atoms with van der Waals surface area (Å²) in [4.78, 5) is 23.0. The number of anilines is 2. The molecule has 2 N–H and O–H groups in total. The summed E-state index contributed by atoms with van der Waals surface area (Å²) < 4.78 is 13.7. The van der Waals surface area contributed by atoms with Crippen molar-refractivity contribution >= 4 is 34.8 Å². The van der Waals surface area contributed by atoms with Gasteiger partial charge in [0.05, 0.1) is 12.1 Å². The molecule has 2 rings (SSSR count). The summed E-state index contributed by atoms with van der Waals surface area (Å²) in [7, 11) is 0. The fourth-order valence-corrected chi connectivity index (χ4v) is 2.01. The Morgan fingerprint density at radius 2 is 1.77 bits per heavy atom. The molecule has 6 heteroatoms. The second-order valence-corrected chi connectivity index (χ2v) is 5.16. The first-order valence-corrected chi connectivity index (χ1v) is 6.93. The van der Waals surface area contributed by atoms with Crippen LogP contribution in [0, 0.1) is 5.82 Å². The standard InChI is InChI=1S/C16H14ClFN2O2/c1-10(21)19-13-6-7-14(18)15(9-13)20-16(22)8-11-2-4-12(17)5-3-11/h2-7,9H,8H2,1H3,(H,19,21)(H,20,22). The van der Waals surface area contributed by atoms with Crippen LogP contribution >= 0.6 is 11.6 Å². The summed E-state index contributed by atoms with van der Waals surface area (Å²) in [5, 5.41) is 5.60. The van der Waals surface area contributed by atoms with Gasteiger partial charge in [0, 0.05) is 17.6 Å². The molecule has 0 heterocycles. The van der Waals surface area contributed by atoms with Crippen molar-refractivity contribution in [3.8, 4) is 0 Å². The van der Waals surface area contributed by atoms with Gasteiger partial charge in [-0.2, -0.15) is 0 Å². The molecular formula is C16H14ClFN2O2. The van der Waals surface area contributed by atoms with Gasteiger partial charge in [-0.15, -0.1) is 0 Å². The van der Waals surface area contributed by atoms with Crippen LogP contribution in [0.5, 0.6) is 0 Å². The zero-order valence-corrected chi connectivity index (χ0v) is 12.6. The summed E-state index contributed by atoms with van der Waals surface area (Å²) in [6.45, 7) is 1.35. The van der Waals surface area contributed by atoms with Crippen LogP contribution in [0.3, 0.4) is 0 Å². The monoisotopic (exact) mass is 320 g/mol. The van der Waals surface area contributed by atoms with Crippen LogP contribution in [0.15, 0.2) is 42.5 Å². The van der Waals surface area contributed by atoms with Crippen LogP contribution in [0.1, 0.15) is 12.5 Å². The number of benzene rings is 2. The molecule has 0 atom stereocenters. The van der Waals surface area contributed by atoms with Gasteiger partial charge in [0.1, 0.15) is 5.82 Å². The van der Waals surface area contributed by atoms with Gasteiger partial charge in [0.15, 0.2) is 0 Å². The van der Waals surface area contributed by atoms with E-state index in [9.17, 15) is 14.0 Å². The summed E-state index contributed by atoms with van der Waals surface area (Å²) in [6.07, 6.45) is 0.0982. The molecule has 114 valence electrons. The Morgan fingerprint density at radius 3 is 2.41 bits per heavy atom. The third-order valence-electron chi connectivity index (χ3n) is 2.84. The van der Waals surface area contributed by atoms with Crippen molar-refractivity contribution in [2.75, 3.05) is 10.6 Å². The highest BCUT2D eigenvalue weighted by atomic mass is 35.5. The molecule has 0 spiro atoms. The Kier molecular flexibility index (Phi) is 5.12. The van der Waals surface area contributed by atoms with Crippen molar-refractivity contribution in [2.24, 2.45) is 0 Å². The maximum atomic E-state index is 13.7. The third kappa shape index (κ3) is 4.56. The number of hydrogen-bond donors (Lipinski definition) is 2. The molecule has 0 saturated heterocycles. The minimum Gasteiger partial charge on any atom is -0.326 e. The lowest BCUT2D eigenvalue weighted by molar-refractivity contribution is -0.116. The predicted molar refractivity (Wildman–Crippen MR) is 84.5 cm³/mol. The van der Waals surface area contributed by atoms with E-state index in [1.807, 2.05) is 0 Å². The summed E-state index contributed by atoms with van der Waals surface area (Å²) >= 11 is 5.77. The molecule has 0 aliphatic heterocycles. The quantitative estimate of drug-likeness (QED) is 0.904. The molecule has 0 bridgehead atoms. The van der Waals surface area contributed by atoms with Crippen LogP contribution in [-0.4, -0.2) is 11.8 Å². The maximum Gasteiger partial charge on any atom is 0.228 e. The fourth-order valence-electron chi connectivity index (χ4n) is 1.88. The van der Waals surface area contributed by atoms with Crippen molar-refractivity contribution in [1.29, 1.82) is 0 Å². The molecule has 0 saturated carbocycles. The highest BCUT2D eigenvalue weighted by molar-refractivity contribution is 6.30. The van der Waals surface area contributed by atoms with Crippen molar-refractivity contribution in [1.82, 2.24) is 0 Å². The minimum absolute atomic E-state index is 0.0187. The van der Waals surface area contributed by atoms with Gasteiger partial charge >= 0.3 is 0 Å². The zero-order valence-electron chi connectivity index (χ0n) is 11.8. The SMILES string of the molecule is CC(=O)Nc1ccc(F)c(NC(=O)Cc2ccc(Cl)cc2)c1. The second kappa shape index (κ2) is 7.04. The van der Waals surface area contributed by atoms with Crippen LogP contribution in [0.2, 0.25) is 5.02 Å². The summed E-state index contributed by atoms with van der Waals surface area (Å²) in [6, 6.07) is 10.8. The lowest BCUT2D eigenvalue weighted by atomic mass is 10.1. The lowest BCUT2D eigenvalue weighted by Crippen LogP contribution is -2.16. The first kappa shape index (κ1) is 16.0. The molecule has 0 aliphatic carbocycles. The molecule has 0 aromatic heterocycles. The van der Waals surface area contributed by atoms with E-state index in [4.69, 9.17) is 11.6 Å². The van der Waals surface area contributed by atoms with Crippen LogP contribution in [-0.2, 0) is 16.0 Å².